The van der Waals surface area contributed by atoms with Gasteiger partial charge in [0.05, 0.1) is 17.0 Å². The van der Waals surface area contributed by atoms with Crippen LogP contribution >= 0.6 is 0 Å². The number of nitrogens with zero attached hydrogens (tertiary/aromatic N) is 1. The quantitative estimate of drug-likeness (QED) is 0.605. The van der Waals surface area contributed by atoms with Crippen LogP contribution in [0.4, 0.5) is 4.39 Å². The van der Waals surface area contributed by atoms with Gasteiger partial charge in [-0.1, -0.05) is 32.9 Å². The summed E-state index contributed by atoms with van der Waals surface area (Å²) in [5, 5.41) is 2.94. The van der Waals surface area contributed by atoms with Gasteiger partial charge in [-0.2, -0.15) is 0 Å². The second kappa shape index (κ2) is 7.86. The monoisotopic (exact) mass is 400 g/mol. The van der Waals surface area contributed by atoms with Gasteiger partial charge in [-0.3, -0.25) is 19.6 Å². The van der Waals surface area contributed by atoms with Crippen LogP contribution in [0.3, 0.4) is 0 Å². The summed E-state index contributed by atoms with van der Waals surface area (Å²) in [7, 11) is 0. The van der Waals surface area contributed by atoms with Gasteiger partial charge in [0.2, 0.25) is 0 Å². The number of halogens is 1. The molecule has 9 heteroatoms. The Balaban J connectivity index is 1.81. The second-order valence-corrected chi connectivity index (χ2v) is 7.66. The van der Waals surface area contributed by atoms with Gasteiger partial charge in [0, 0.05) is 6.20 Å². The molecule has 1 aromatic carbocycles. The Morgan fingerprint density at radius 2 is 1.97 bits per heavy atom. The van der Waals surface area contributed by atoms with Gasteiger partial charge in [0.15, 0.2) is 11.6 Å². The molecule has 0 spiro atoms. The third-order valence-electron chi connectivity index (χ3n) is 4.45. The zero-order valence-electron chi connectivity index (χ0n) is 16.2. The maximum Gasteiger partial charge on any atom is 0.327 e. The van der Waals surface area contributed by atoms with E-state index in [1.807, 2.05) is 20.8 Å². The van der Waals surface area contributed by atoms with E-state index in [9.17, 15) is 18.8 Å². The molecule has 3 aromatic rings. The van der Waals surface area contributed by atoms with Crippen molar-refractivity contribution in [3.8, 4) is 5.75 Å². The van der Waals surface area contributed by atoms with Gasteiger partial charge in [-0.15, -0.1) is 0 Å². The number of nitrogens with one attached hydrogen (secondary N) is 3. The van der Waals surface area contributed by atoms with Crippen LogP contribution in [-0.4, -0.2) is 33.5 Å². The zero-order chi connectivity index (χ0) is 21.2. The molecule has 29 heavy (non-hydrogen) atoms. The molecule has 8 nitrogen and oxygen atoms in total. The number of aromatic nitrogens is 3. The molecule has 152 valence electrons. The van der Waals surface area contributed by atoms with Crippen molar-refractivity contribution in [2.75, 3.05) is 6.61 Å². The molecule has 0 aliphatic carbocycles. The summed E-state index contributed by atoms with van der Waals surface area (Å²) < 4.78 is 19.4. The number of hydrogen-bond acceptors (Lipinski definition) is 5. The number of amides is 1. The van der Waals surface area contributed by atoms with E-state index in [0.717, 1.165) is 0 Å². The number of benzene rings is 1. The molecule has 3 N–H and O–H groups in total. The lowest BCUT2D eigenvalue weighted by molar-refractivity contribution is 0.0860. The van der Waals surface area contributed by atoms with Crippen LogP contribution in [0.1, 0.15) is 31.1 Å². The van der Waals surface area contributed by atoms with Crippen LogP contribution in [0, 0.1) is 11.2 Å². The molecular weight excluding hydrogens is 379 g/mol. The standard InChI is InChI=1S/C20H21FN4O4/c1-20(2,3)15(10-29-14-7-5-4-6-13(14)21)23-17(26)11-8-12-16(22-9-11)24-19(28)25-18(12)27/h4-9,15H,10H2,1-3H3,(H,23,26)(H2,22,24,25,27,28). The van der Waals surface area contributed by atoms with E-state index >= 15 is 0 Å². The Morgan fingerprint density at radius 1 is 1.24 bits per heavy atom. The lowest BCUT2D eigenvalue weighted by atomic mass is 9.87. The predicted octanol–water partition coefficient (Wildman–Crippen LogP) is 1.97. The van der Waals surface area contributed by atoms with Crippen molar-refractivity contribution in [2.24, 2.45) is 5.41 Å². The zero-order valence-corrected chi connectivity index (χ0v) is 16.2. The summed E-state index contributed by atoms with van der Waals surface area (Å²) in [6.45, 7) is 5.79. The van der Waals surface area contributed by atoms with Crippen LogP contribution in [0.25, 0.3) is 11.0 Å². The second-order valence-electron chi connectivity index (χ2n) is 7.66. The Kier molecular flexibility index (Phi) is 5.49. The number of H-pyrrole nitrogens is 2. The van der Waals surface area contributed by atoms with Gasteiger partial charge in [0.25, 0.3) is 11.5 Å². The maximum absolute atomic E-state index is 13.8. The van der Waals surface area contributed by atoms with Crippen LogP contribution < -0.4 is 21.3 Å². The number of aromatic amines is 2. The van der Waals surface area contributed by atoms with Gasteiger partial charge < -0.3 is 10.1 Å². The molecule has 0 radical (unpaired) electrons. The van der Waals surface area contributed by atoms with E-state index in [1.54, 1.807) is 12.1 Å². The fourth-order valence-electron chi connectivity index (χ4n) is 2.66. The molecule has 1 atom stereocenters. The molecule has 2 heterocycles. The molecule has 3 rings (SSSR count). The summed E-state index contributed by atoms with van der Waals surface area (Å²) in [4.78, 5) is 44.5. The third kappa shape index (κ3) is 4.68. The number of pyridine rings is 1. The van der Waals surface area contributed by atoms with Crippen LogP contribution in [0.2, 0.25) is 0 Å². The summed E-state index contributed by atoms with van der Waals surface area (Å²) in [5.41, 5.74) is -1.47. The Bertz CT molecular complexity index is 1160. The number of carbonyl (C=O) groups excluding carboxylic acids is 1. The van der Waals surface area contributed by atoms with Crippen molar-refractivity contribution in [1.29, 1.82) is 0 Å². The maximum atomic E-state index is 13.8. The average Bonchev–Trinajstić information content (AvgIpc) is 2.64. The average molecular weight is 400 g/mol. The fraction of sp³-hybridized carbons (Fsp3) is 0.300. The van der Waals surface area contributed by atoms with Gasteiger partial charge in [-0.25, -0.2) is 14.2 Å². The third-order valence-corrected chi connectivity index (χ3v) is 4.45. The molecule has 0 aliphatic heterocycles. The lowest BCUT2D eigenvalue weighted by Crippen LogP contribution is -2.47. The Morgan fingerprint density at radius 3 is 2.66 bits per heavy atom. The number of rotatable bonds is 5. The van der Waals surface area contributed by atoms with Crippen molar-refractivity contribution in [2.45, 2.75) is 26.8 Å². The number of para-hydroxylation sites is 1. The lowest BCUT2D eigenvalue weighted by Gasteiger charge is -2.31. The van der Waals surface area contributed by atoms with E-state index in [1.165, 1.54) is 24.4 Å². The minimum atomic E-state index is -0.676. The highest BCUT2D eigenvalue weighted by Crippen LogP contribution is 2.22. The molecule has 0 aliphatic rings. The van der Waals surface area contributed by atoms with Crippen molar-refractivity contribution in [1.82, 2.24) is 20.3 Å². The highest BCUT2D eigenvalue weighted by Gasteiger charge is 2.28. The molecule has 1 amide bonds. The first-order valence-corrected chi connectivity index (χ1v) is 8.95. The molecule has 0 fully saturated rings. The van der Waals surface area contributed by atoms with Crippen molar-refractivity contribution < 1.29 is 13.9 Å². The van der Waals surface area contributed by atoms with Gasteiger partial charge in [0.1, 0.15) is 12.3 Å². The fourth-order valence-corrected chi connectivity index (χ4v) is 2.66. The van der Waals surface area contributed by atoms with E-state index in [-0.39, 0.29) is 29.0 Å². The molecule has 1 unspecified atom stereocenters. The smallest absolute Gasteiger partial charge is 0.327 e. The van der Waals surface area contributed by atoms with Crippen LogP contribution in [0.15, 0.2) is 46.1 Å². The van der Waals surface area contributed by atoms with Crippen molar-refractivity contribution in [3.63, 3.8) is 0 Å². The molecule has 2 aromatic heterocycles. The molecule has 0 bridgehead atoms. The molecule has 0 saturated heterocycles. The predicted molar refractivity (Wildman–Crippen MR) is 106 cm³/mol. The van der Waals surface area contributed by atoms with Crippen molar-refractivity contribution >= 4 is 16.9 Å². The SMILES string of the molecule is CC(C)(C)C(COc1ccccc1F)NC(=O)c1cnc2[nH]c(=O)[nH]c(=O)c2c1. The van der Waals surface area contributed by atoms with Gasteiger partial charge >= 0.3 is 5.69 Å². The molecular formula is C20H21FN4O4. The van der Waals surface area contributed by atoms with Crippen molar-refractivity contribution in [3.05, 3.63) is 68.7 Å². The summed E-state index contributed by atoms with van der Waals surface area (Å²) in [6, 6.07) is 6.92. The van der Waals surface area contributed by atoms with Crippen LogP contribution in [-0.2, 0) is 0 Å². The number of carbonyl (C=O) groups is 1. The number of ether oxygens (including phenoxy) is 1. The largest absolute Gasteiger partial charge is 0.488 e. The molecule has 0 saturated carbocycles. The topological polar surface area (TPSA) is 117 Å². The summed E-state index contributed by atoms with van der Waals surface area (Å²) >= 11 is 0. The Labute approximate surface area is 165 Å². The highest BCUT2D eigenvalue weighted by atomic mass is 19.1. The summed E-state index contributed by atoms with van der Waals surface area (Å²) in [5.74, 6) is -0.862. The van der Waals surface area contributed by atoms with Crippen LogP contribution in [0.5, 0.6) is 5.75 Å². The minimum Gasteiger partial charge on any atom is -0.488 e. The minimum absolute atomic E-state index is 0.0467. The summed E-state index contributed by atoms with van der Waals surface area (Å²) in [6.07, 6.45) is 1.27. The first kappa shape index (κ1) is 20.2. The highest BCUT2D eigenvalue weighted by molar-refractivity contribution is 5.96. The number of hydrogen-bond donors (Lipinski definition) is 3. The van der Waals surface area contributed by atoms with E-state index in [0.29, 0.717) is 0 Å². The first-order valence-electron chi connectivity index (χ1n) is 8.95. The normalized spacial score (nSPS) is 12.6. The van der Waals surface area contributed by atoms with E-state index < -0.39 is 34.4 Å². The van der Waals surface area contributed by atoms with E-state index in [2.05, 4.69) is 20.3 Å². The number of fused-ring (bicyclic) bond motifs is 1. The Hall–Kier alpha value is -3.49. The van der Waals surface area contributed by atoms with Gasteiger partial charge in [-0.05, 0) is 23.6 Å². The first-order chi connectivity index (χ1) is 13.6. The van der Waals surface area contributed by atoms with E-state index in [4.69, 9.17) is 4.74 Å².